The van der Waals surface area contributed by atoms with Crippen molar-refractivity contribution in [2.24, 2.45) is 0 Å². The minimum atomic E-state index is 0. The predicted molar refractivity (Wildman–Crippen MR) is 52.1 cm³/mol. The first kappa shape index (κ1) is 12.9. The van der Waals surface area contributed by atoms with Crippen LogP contribution in [0.15, 0.2) is 0 Å². The van der Waals surface area contributed by atoms with Gasteiger partial charge in [0.05, 0.1) is 0 Å². The summed E-state index contributed by atoms with van der Waals surface area (Å²) in [5, 5.41) is 9.78. The first-order chi connectivity index (χ1) is 5.79. The summed E-state index contributed by atoms with van der Waals surface area (Å²) in [6.07, 6.45) is 2.43. The van der Waals surface area contributed by atoms with E-state index in [1.54, 1.807) is 0 Å². The van der Waals surface area contributed by atoms with Crippen LogP contribution in [0.2, 0.25) is 0 Å². The van der Waals surface area contributed by atoms with E-state index in [9.17, 15) is 5.41 Å². The SMILES string of the molecule is CCN(CC)C(=[N-])N1CCCC1.[Li+]. The van der Waals surface area contributed by atoms with Crippen LogP contribution in [0.5, 0.6) is 0 Å². The van der Waals surface area contributed by atoms with Gasteiger partial charge in [0.2, 0.25) is 0 Å². The summed E-state index contributed by atoms with van der Waals surface area (Å²) in [4.78, 5) is 4.05. The second-order valence-corrected chi connectivity index (χ2v) is 3.17. The van der Waals surface area contributed by atoms with E-state index in [0.717, 1.165) is 26.2 Å². The third kappa shape index (κ3) is 3.25. The first-order valence-electron chi connectivity index (χ1n) is 4.85. The predicted octanol–water partition coefficient (Wildman–Crippen LogP) is -1.65. The van der Waals surface area contributed by atoms with Crippen molar-refractivity contribution in [2.45, 2.75) is 26.7 Å². The van der Waals surface area contributed by atoms with Gasteiger partial charge in [-0.3, -0.25) is 0 Å². The topological polar surface area (TPSA) is 28.8 Å². The second kappa shape index (κ2) is 6.34. The molecule has 0 radical (unpaired) electrons. The summed E-state index contributed by atoms with van der Waals surface area (Å²) < 4.78 is 0. The van der Waals surface area contributed by atoms with Crippen LogP contribution in [-0.2, 0) is 0 Å². The van der Waals surface area contributed by atoms with Crippen molar-refractivity contribution in [1.82, 2.24) is 9.80 Å². The van der Waals surface area contributed by atoms with Crippen molar-refractivity contribution in [2.75, 3.05) is 26.2 Å². The van der Waals surface area contributed by atoms with Gasteiger partial charge in [-0.05, 0) is 39.0 Å². The van der Waals surface area contributed by atoms with Crippen LogP contribution < -0.4 is 18.9 Å². The van der Waals surface area contributed by atoms with E-state index in [-0.39, 0.29) is 18.9 Å². The van der Waals surface area contributed by atoms with Gasteiger partial charge >= 0.3 is 18.9 Å². The Labute approximate surface area is 93.2 Å². The molecule has 0 saturated carbocycles. The summed E-state index contributed by atoms with van der Waals surface area (Å²) >= 11 is 0. The Kier molecular flexibility index (Phi) is 6.28. The Balaban J connectivity index is 0.00000144. The molecule has 0 spiro atoms. The van der Waals surface area contributed by atoms with Crippen LogP contribution in [0.1, 0.15) is 26.7 Å². The molecule has 1 aliphatic heterocycles. The smallest absolute Gasteiger partial charge is 0.427 e. The van der Waals surface area contributed by atoms with Crippen LogP contribution in [0.4, 0.5) is 0 Å². The number of hydrogen-bond acceptors (Lipinski definition) is 0. The van der Waals surface area contributed by atoms with Crippen LogP contribution in [-0.4, -0.2) is 41.9 Å². The average molecular weight is 175 g/mol. The zero-order chi connectivity index (χ0) is 8.97. The Morgan fingerprint density at radius 3 is 2.08 bits per heavy atom. The van der Waals surface area contributed by atoms with E-state index in [0.29, 0.717) is 5.96 Å². The molecule has 0 atom stereocenters. The molecule has 1 fully saturated rings. The fourth-order valence-electron chi connectivity index (χ4n) is 1.62. The van der Waals surface area contributed by atoms with Crippen molar-refractivity contribution in [3.05, 3.63) is 5.41 Å². The fraction of sp³-hybridized carbons (Fsp3) is 0.889. The third-order valence-electron chi connectivity index (χ3n) is 2.44. The summed E-state index contributed by atoms with van der Waals surface area (Å²) in [5.74, 6) is 0.470. The van der Waals surface area contributed by atoms with Gasteiger partial charge in [0.1, 0.15) is 0 Å². The van der Waals surface area contributed by atoms with Crippen LogP contribution in [0.25, 0.3) is 5.41 Å². The minimum absolute atomic E-state index is 0. The van der Waals surface area contributed by atoms with E-state index < -0.39 is 0 Å². The summed E-state index contributed by atoms with van der Waals surface area (Å²) in [6, 6.07) is 0. The maximum Gasteiger partial charge on any atom is 1.00 e. The molecule has 0 aliphatic carbocycles. The van der Waals surface area contributed by atoms with Gasteiger partial charge in [0, 0.05) is 5.96 Å². The molecule has 70 valence electrons. The van der Waals surface area contributed by atoms with Crippen LogP contribution >= 0.6 is 0 Å². The molecular formula is C9H18LiN3. The molecule has 1 heterocycles. The van der Waals surface area contributed by atoms with Gasteiger partial charge < -0.3 is 15.2 Å². The maximum atomic E-state index is 9.78. The Morgan fingerprint density at radius 2 is 1.69 bits per heavy atom. The first-order valence-corrected chi connectivity index (χ1v) is 4.85. The van der Waals surface area contributed by atoms with Crippen molar-refractivity contribution >= 4 is 5.96 Å². The van der Waals surface area contributed by atoms with Gasteiger partial charge in [-0.2, -0.15) is 0 Å². The van der Waals surface area contributed by atoms with Gasteiger partial charge in [0.15, 0.2) is 0 Å². The van der Waals surface area contributed by atoms with Gasteiger partial charge in [-0.25, -0.2) is 0 Å². The Hall–Kier alpha value is -0.133. The van der Waals surface area contributed by atoms with E-state index in [1.807, 2.05) is 4.90 Å². The van der Waals surface area contributed by atoms with Crippen molar-refractivity contribution in [1.29, 1.82) is 0 Å². The van der Waals surface area contributed by atoms with Crippen molar-refractivity contribution < 1.29 is 18.9 Å². The molecule has 0 amide bonds. The monoisotopic (exact) mass is 175 g/mol. The number of likely N-dealkylation sites (tertiary alicyclic amines) is 1. The standard InChI is InChI=1S/C9H18N3.Li/c1-3-11(4-2)9(10)12-7-5-6-8-12;/h3-8H2,1-2H3;/q-1;+1. The van der Waals surface area contributed by atoms with Gasteiger partial charge in [-0.15, -0.1) is 0 Å². The molecule has 0 aromatic rings. The van der Waals surface area contributed by atoms with Crippen molar-refractivity contribution in [3.63, 3.8) is 0 Å². The second-order valence-electron chi connectivity index (χ2n) is 3.17. The molecule has 3 nitrogen and oxygen atoms in total. The molecule has 0 N–H and O–H groups in total. The molecule has 0 unspecified atom stereocenters. The van der Waals surface area contributed by atoms with Crippen molar-refractivity contribution in [3.8, 4) is 0 Å². The molecule has 13 heavy (non-hydrogen) atoms. The fourth-order valence-corrected chi connectivity index (χ4v) is 1.62. The molecule has 1 aliphatic rings. The minimum Gasteiger partial charge on any atom is -0.427 e. The molecule has 4 heteroatoms. The zero-order valence-corrected chi connectivity index (χ0v) is 9.08. The van der Waals surface area contributed by atoms with Gasteiger partial charge in [-0.1, -0.05) is 13.8 Å². The number of hydrogen-bond donors (Lipinski definition) is 0. The zero-order valence-electron chi connectivity index (χ0n) is 9.08. The summed E-state index contributed by atoms with van der Waals surface area (Å²) in [7, 11) is 0. The summed E-state index contributed by atoms with van der Waals surface area (Å²) in [5.41, 5.74) is 0. The quantitative estimate of drug-likeness (QED) is 0.286. The van der Waals surface area contributed by atoms with E-state index >= 15 is 0 Å². The molecule has 1 rings (SSSR count). The maximum absolute atomic E-state index is 9.78. The molecule has 0 aromatic heterocycles. The average Bonchev–Trinajstić information content (AvgIpc) is 2.58. The number of guanidine groups is 1. The Morgan fingerprint density at radius 1 is 1.23 bits per heavy atom. The van der Waals surface area contributed by atoms with Gasteiger partial charge in [0.25, 0.3) is 0 Å². The summed E-state index contributed by atoms with van der Waals surface area (Å²) in [6.45, 7) is 7.94. The van der Waals surface area contributed by atoms with E-state index in [1.165, 1.54) is 12.8 Å². The molecular weight excluding hydrogens is 157 g/mol. The van der Waals surface area contributed by atoms with Crippen LogP contribution in [0.3, 0.4) is 0 Å². The third-order valence-corrected chi connectivity index (χ3v) is 2.44. The van der Waals surface area contributed by atoms with Crippen LogP contribution in [0, 0.1) is 0 Å². The molecule has 0 aromatic carbocycles. The normalized spacial score (nSPS) is 15.4. The molecule has 0 bridgehead atoms. The number of nitrogens with zero attached hydrogens (tertiary/aromatic N) is 3. The largest absolute Gasteiger partial charge is 1.00 e. The molecule has 1 saturated heterocycles. The number of rotatable bonds is 2. The Bertz CT molecular complexity index is 147. The van der Waals surface area contributed by atoms with E-state index in [2.05, 4.69) is 18.7 Å². The van der Waals surface area contributed by atoms with E-state index in [4.69, 9.17) is 0 Å².